The van der Waals surface area contributed by atoms with Gasteiger partial charge in [0.1, 0.15) is 11.8 Å². The standard InChI is InChI=1S/C20H23N5O3/c1-14(2)12-18(19(26)27)21-13-15-8-10-17(11-9-15)28-20-22-23-24-25(20)16-6-4-3-5-7-16/h3-11,14,18,21H,12-13H2,1-2H3,(H,26,27). The molecule has 2 N–H and O–H groups in total. The molecule has 3 aromatic rings. The number of aliphatic carboxylic acids is 1. The monoisotopic (exact) mass is 381 g/mol. The van der Waals surface area contributed by atoms with Crippen molar-refractivity contribution in [3.8, 4) is 17.4 Å². The summed E-state index contributed by atoms with van der Waals surface area (Å²) in [6, 6.07) is 16.5. The Morgan fingerprint density at radius 3 is 2.50 bits per heavy atom. The van der Waals surface area contributed by atoms with Crippen molar-refractivity contribution < 1.29 is 14.6 Å². The number of para-hydroxylation sites is 1. The summed E-state index contributed by atoms with van der Waals surface area (Å²) >= 11 is 0. The van der Waals surface area contributed by atoms with Crippen molar-refractivity contribution >= 4 is 5.97 Å². The number of carbonyl (C=O) groups is 1. The van der Waals surface area contributed by atoms with Gasteiger partial charge < -0.3 is 15.2 Å². The number of nitrogens with one attached hydrogen (secondary N) is 1. The fourth-order valence-electron chi connectivity index (χ4n) is 2.74. The van der Waals surface area contributed by atoms with Crippen LogP contribution in [0.25, 0.3) is 5.69 Å². The van der Waals surface area contributed by atoms with E-state index in [0.29, 0.717) is 24.6 Å². The Labute approximate surface area is 163 Å². The highest BCUT2D eigenvalue weighted by atomic mass is 16.5. The van der Waals surface area contributed by atoms with Crippen molar-refractivity contribution in [2.75, 3.05) is 0 Å². The molecule has 2 aromatic carbocycles. The molecule has 1 aromatic heterocycles. The van der Waals surface area contributed by atoms with Crippen LogP contribution < -0.4 is 10.1 Å². The molecule has 0 aliphatic carbocycles. The van der Waals surface area contributed by atoms with Crippen LogP contribution in [0.5, 0.6) is 11.8 Å². The number of carboxylic acids is 1. The molecule has 8 nitrogen and oxygen atoms in total. The van der Waals surface area contributed by atoms with Gasteiger partial charge in [0.2, 0.25) is 0 Å². The molecule has 0 radical (unpaired) electrons. The molecule has 3 rings (SSSR count). The van der Waals surface area contributed by atoms with Crippen LogP contribution in [0.2, 0.25) is 0 Å². The van der Waals surface area contributed by atoms with E-state index in [1.54, 1.807) is 12.1 Å². The second kappa shape index (κ2) is 9.09. The first-order valence-electron chi connectivity index (χ1n) is 9.09. The van der Waals surface area contributed by atoms with Crippen LogP contribution >= 0.6 is 0 Å². The molecule has 0 saturated carbocycles. The van der Waals surface area contributed by atoms with E-state index in [4.69, 9.17) is 4.74 Å². The summed E-state index contributed by atoms with van der Waals surface area (Å²) in [5.74, 6) is 0.0639. The van der Waals surface area contributed by atoms with Gasteiger partial charge in [-0.05, 0) is 52.6 Å². The molecule has 0 fully saturated rings. The van der Waals surface area contributed by atoms with Gasteiger partial charge in [0.25, 0.3) is 0 Å². The summed E-state index contributed by atoms with van der Waals surface area (Å²) < 4.78 is 7.30. The van der Waals surface area contributed by atoms with E-state index < -0.39 is 12.0 Å². The summed E-state index contributed by atoms with van der Waals surface area (Å²) in [6.07, 6.45) is 0.582. The van der Waals surface area contributed by atoms with E-state index in [1.165, 1.54) is 4.68 Å². The minimum absolute atomic E-state index is 0.264. The Hall–Kier alpha value is -3.26. The molecule has 146 valence electrons. The lowest BCUT2D eigenvalue weighted by Crippen LogP contribution is -2.37. The van der Waals surface area contributed by atoms with Crippen LogP contribution in [0.15, 0.2) is 54.6 Å². The smallest absolute Gasteiger partial charge is 0.345 e. The zero-order valence-electron chi connectivity index (χ0n) is 15.8. The Morgan fingerprint density at radius 1 is 1.14 bits per heavy atom. The Morgan fingerprint density at radius 2 is 1.86 bits per heavy atom. The number of nitrogens with zero attached hydrogens (tertiary/aromatic N) is 4. The highest BCUT2D eigenvalue weighted by Gasteiger charge is 2.18. The SMILES string of the molecule is CC(C)CC(NCc1ccc(Oc2nnnn2-c2ccccc2)cc1)C(=O)O. The van der Waals surface area contributed by atoms with Crippen LogP contribution in [0.3, 0.4) is 0 Å². The number of hydrogen-bond donors (Lipinski definition) is 2. The molecule has 1 heterocycles. The highest BCUT2D eigenvalue weighted by molar-refractivity contribution is 5.73. The third-order valence-electron chi connectivity index (χ3n) is 4.13. The normalized spacial score (nSPS) is 12.1. The molecule has 0 saturated heterocycles. The van der Waals surface area contributed by atoms with Crippen molar-refractivity contribution in [2.24, 2.45) is 5.92 Å². The summed E-state index contributed by atoms with van der Waals surface area (Å²) in [5, 5.41) is 23.9. The number of tetrazole rings is 1. The second-order valence-corrected chi connectivity index (χ2v) is 6.86. The third-order valence-corrected chi connectivity index (χ3v) is 4.13. The zero-order chi connectivity index (χ0) is 19.9. The average molecular weight is 381 g/mol. The maximum atomic E-state index is 11.3. The van der Waals surface area contributed by atoms with Gasteiger partial charge in [-0.25, -0.2) is 0 Å². The molecule has 0 spiro atoms. The minimum Gasteiger partial charge on any atom is -0.480 e. The summed E-state index contributed by atoms with van der Waals surface area (Å²) in [7, 11) is 0. The number of hydrogen-bond acceptors (Lipinski definition) is 6. The largest absolute Gasteiger partial charge is 0.480 e. The minimum atomic E-state index is -0.832. The van der Waals surface area contributed by atoms with Gasteiger partial charge in [-0.2, -0.15) is 4.68 Å². The topological polar surface area (TPSA) is 102 Å². The highest BCUT2D eigenvalue weighted by Crippen LogP contribution is 2.21. The second-order valence-electron chi connectivity index (χ2n) is 6.86. The lowest BCUT2D eigenvalue weighted by molar-refractivity contribution is -0.140. The van der Waals surface area contributed by atoms with Crippen LogP contribution in [0.1, 0.15) is 25.8 Å². The molecule has 0 aliphatic rings. The van der Waals surface area contributed by atoms with Crippen LogP contribution in [0.4, 0.5) is 0 Å². The van der Waals surface area contributed by atoms with Crippen molar-refractivity contribution in [2.45, 2.75) is 32.9 Å². The van der Waals surface area contributed by atoms with Crippen molar-refractivity contribution in [3.63, 3.8) is 0 Å². The molecule has 8 heteroatoms. The van der Waals surface area contributed by atoms with Gasteiger partial charge in [-0.3, -0.25) is 4.79 Å². The van der Waals surface area contributed by atoms with Gasteiger partial charge in [0, 0.05) is 6.54 Å². The number of aromatic nitrogens is 4. The number of carboxylic acid groups (broad SMARTS) is 1. The van der Waals surface area contributed by atoms with Gasteiger partial charge in [-0.15, -0.1) is 0 Å². The van der Waals surface area contributed by atoms with E-state index in [9.17, 15) is 9.90 Å². The quantitative estimate of drug-likeness (QED) is 0.587. The maximum Gasteiger partial charge on any atom is 0.345 e. The van der Waals surface area contributed by atoms with Gasteiger partial charge in [-0.1, -0.05) is 49.3 Å². The fraction of sp³-hybridized carbons (Fsp3) is 0.300. The molecule has 1 unspecified atom stereocenters. The molecule has 0 amide bonds. The van der Waals surface area contributed by atoms with Crippen LogP contribution in [0, 0.1) is 5.92 Å². The zero-order valence-corrected chi connectivity index (χ0v) is 15.8. The predicted molar refractivity (Wildman–Crippen MR) is 103 cm³/mol. The van der Waals surface area contributed by atoms with Crippen molar-refractivity contribution in [1.82, 2.24) is 25.5 Å². The van der Waals surface area contributed by atoms with Gasteiger partial charge in [0.15, 0.2) is 0 Å². The molecule has 1 atom stereocenters. The first-order chi connectivity index (χ1) is 13.5. The first kappa shape index (κ1) is 19.5. The Bertz CT molecular complexity index is 894. The number of ether oxygens (including phenoxy) is 1. The molecule has 0 bridgehead atoms. The van der Waals surface area contributed by atoms with Gasteiger partial charge >= 0.3 is 12.0 Å². The predicted octanol–water partition coefficient (Wildman–Crippen LogP) is 3.04. The fourth-order valence-corrected chi connectivity index (χ4v) is 2.74. The lowest BCUT2D eigenvalue weighted by Gasteiger charge is -2.16. The van der Waals surface area contributed by atoms with Gasteiger partial charge in [0.05, 0.1) is 5.69 Å². The lowest BCUT2D eigenvalue weighted by atomic mass is 10.0. The van der Waals surface area contributed by atoms with E-state index in [-0.39, 0.29) is 6.01 Å². The van der Waals surface area contributed by atoms with Crippen molar-refractivity contribution in [3.05, 3.63) is 60.2 Å². The third kappa shape index (κ3) is 5.14. The molecule has 0 aliphatic heterocycles. The van der Waals surface area contributed by atoms with E-state index in [2.05, 4.69) is 20.8 Å². The summed E-state index contributed by atoms with van der Waals surface area (Å²) in [5.41, 5.74) is 1.76. The van der Waals surface area contributed by atoms with Crippen LogP contribution in [-0.4, -0.2) is 37.3 Å². The maximum absolute atomic E-state index is 11.3. The molecular formula is C20H23N5O3. The average Bonchev–Trinajstić information content (AvgIpc) is 3.14. The Kier molecular flexibility index (Phi) is 6.33. The first-order valence-corrected chi connectivity index (χ1v) is 9.09. The summed E-state index contributed by atoms with van der Waals surface area (Å²) in [4.78, 5) is 11.3. The van der Waals surface area contributed by atoms with E-state index >= 15 is 0 Å². The van der Waals surface area contributed by atoms with E-state index in [0.717, 1.165) is 11.3 Å². The number of benzene rings is 2. The molecular weight excluding hydrogens is 358 g/mol. The molecule has 28 heavy (non-hydrogen) atoms. The van der Waals surface area contributed by atoms with Crippen molar-refractivity contribution in [1.29, 1.82) is 0 Å². The van der Waals surface area contributed by atoms with E-state index in [1.807, 2.05) is 56.3 Å². The summed E-state index contributed by atoms with van der Waals surface area (Å²) in [6.45, 7) is 4.48. The number of rotatable bonds is 9. The Balaban J connectivity index is 1.63. The van der Waals surface area contributed by atoms with Crippen LogP contribution in [-0.2, 0) is 11.3 Å².